The molecule has 0 spiro atoms. The molecule has 0 bridgehead atoms. The fourth-order valence-corrected chi connectivity index (χ4v) is 0.138. The Bertz CT molecular complexity index is 54.1. The molecule has 0 radical (unpaired) electrons. The Labute approximate surface area is 41.0 Å². The van der Waals surface area contributed by atoms with Crippen molar-refractivity contribution in [1.82, 2.24) is 0 Å². The van der Waals surface area contributed by atoms with Crippen LogP contribution in [0, 0.1) is 4.91 Å². The quantitative estimate of drug-likeness (QED) is 0.408. The van der Waals surface area contributed by atoms with Gasteiger partial charge in [-0.15, -0.1) is 4.91 Å². The number of nitrogens with zero attached hydrogens (tertiary/aromatic N) is 1. The van der Waals surface area contributed by atoms with E-state index in [0.717, 1.165) is 0 Å². The number of hydrogen-bond donors (Lipinski definition) is 1. The van der Waals surface area contributed by atoms with Gasteiger partial charge >= 0.3 is 0 Å². The van der Waals surface area contributed by atoms with E-state index >= 15 is 0 Å². The molecule has 0 aliphatic rings. The average molecular weight is 105 g/mol. The number of aliphatic hydroxyl groups is 1. The maximum atomic E-state index is 9.13. The van der Waals surface area contributed by atoms with Crippen molar-refractivity contribution in [1.29, 1.82) is 0 Å². The topological polar surface area (TPSA) is 58.9 Å². The van der Waals surface area contributed by atoms with Crippen LogP contribution in [0.4, 0.5) is 0 Å². The minimum absolute atomic E-state index is 0.0243. The Hall–Kier alpha value is -0.640. The molecule has 0 aromatic carbocycles. The molecule has 1 atom stereocenters. The molecule has 4 heteroatoms. The lowest BCUT2D eigenvalue weighted by atomic mass is 10.5. The maximum Gasteiger partial charge on any atom is 0.155 e. The van der Waals surface area contributed by atoms with Gasteiger partial charge in [0.2, 0.25) is 0 Å². The van der Waals surface area contributed by atoms with Crippen molar-refractivity contribution < 1.29 is 9.94 Å². The molecule has 0 aromatic heterocycles. The second-order valence-electron chi connectivity index (χ2n) is 1.22. The maximum absolute atomic E-state index is 9.13. The van der Waals surface area contributed by atoms with Gasteiger partial charge in [-0.3, -0.25) is 0 Å². The SMILES string of the molecule is CC(O)CON=O. The Morgan fingerprint density at radius 3 is 2.71 bits per heavy atom. The van der Waals surface area contributed by atoms with Crippen molar-refractivity contribution in [2.24, 2.45) is 5.34 Å². The van der Waals surface area contributed by atoms with E-state index in [0.29, 0.717) is 0 Å². The Balaban J connectivity index is 2.81. The molecule has 0 rings (SSSR count). The summed E-state index contributed by atoms with van der Waals surface area (Å²) in [5, 5.41) is 10.4. The van der Waals surface area contributed by atoms with Crippen molar-refractivity contribution in [3.05, 3.63) is 4.91 Å². The molecule has 42 valence electrons. The summed E-state index contributed by atoms with van der Waals surface area (Å²) >= 11 is 0. The fraction of sp³-hybridized carbons (Fsp3) is 1.00. The zero-order valence-electron chi connectivity index (χ0n) is 4.00. The largest absolute Gasteiger partial charge is 0.390 e. The van der Waals surface area contributed by atoms with E-state index in [9.17, 15) is 0 Å². The summed E-state index contributed by atoms with van der Waals surface area (Å²) in [5.74, 6) is 0. The molecule has 1 unspecified atom stereocenters. The second kappa shape index (κ2) is 3.55. The highest BCUT2D eigenvalue weighted by Gasteiger charge is 1.91. The lowest BCUT2D eigenvalue weighted by Gasteiger charge is -1.95. The molecule has 0 heterocycles. The third kappa shape index (κ3) is 5.36. The van der Waals surface area contributed by atoms with Gasteiger partial charge in [0, 0.05) is 0 Å². The molecule has 4 nitrogen and oxygen atoms in total. The molecule has 0 aromatic rings. The fourth-order valence-electron chi connectivity index (χ4n) is 0.138. The first kappa shape index (κ1) is 6.36. The van der Waals surface area contributed by atoms with Gasteiger partial charge in [0.15, 0.2) is 5.34 Å². The molecular weight excluding hydrogens is 98.0 g/mol. The number of rotatable bonds is 3. The minimum Gasteiger partial charge on any atom is -0.390 e. The highest BCUT2D eigenvalue weighted by Crippen LogP contribution is 1.80. The van der Waals surface area contributed by atoms with Crippen molar-refractivity contribution in [2.75, 3.05) is 6.61 Å². The molecule has 7 heavy (non-hydrogen) atoms. The first-order chi connectivity index (χ1) is 3.27. The Morgan fingerprint density at radius 2 is 2.57 bits per heavy atom. The van der Waals surface area contributed by atoms with Crippen molar-refractivity contribution in [2.45, 2.75) is 13.0 Å². The lowest BCUT2D eigenvalue weighted by Crippen LogP contribution is -2.06. The summed E-state index contributed by atoms with van der Waals surface area (Å²) < 4.78 is 0. The van der Waals surface area contributed by atoms with Crippen LogP contribution in [0.3, 0.4) is 0 Å². The molecule has 1 N–H and O–H groups in total. The number of aliphatic hydroxyl groups excluding tert-OH is 1. The van der Waals surface area contributed by atoms with Crippen LogP contribution in [0.25, 0.3) is 0 Å². The Morgan fingerprint density at radius 1 is 2.00 bits per heavy atom. The molecule has 0 fully saturated rings. The predicted octanol–water partition coefficient (Wildman–Crippen LogP) is 0.0652. The molecule has 0 saturated heterocycles. The van der Waals surface area contributed by atoms with Crippen molar-refractivity contribution >= 4 is 0 Å². The van der Waals surface area contributed by atoms with Crippen LogP contribution in [0.15, 0.2) is 5.34 Å². The van der Waals surface area contributed by atoms with E-state index in [1.807, 2.05) is 0 Å². The van der Waals surface area contributed by atoms with Gasteiger partial charge in [0.25, 0.3) is 0 Å². The summed E-state index contributed by atoms with van der Waals surface area (Å²) in [4.78, 5) is 13.0. The van der Waals surface area contributed by atoms with Crippen LogP contribution in [0.1, 0.15) is 6.92 Å². The summed E-state index contributed by atoms with van der Waals surface area (Å²) in [5.41, 5.74) is 0. The molecule has 0 saturated carbocycles. The van der Waals surface area contributed by atoms with Gasteiger partial charge in [-0.1, -0.05) is 0 Å². The first-order valence-electron chi connectivity index (χ1n) is 1.90. The van der Waals surface area contributed by atoms with Gasteiger partial charge in [0.05, 0.1) is 6.10 Å². The summed E-state index contributed by atoms with van der Waals surface area (Å²) in [6, 6.07) is 0. The highest BCUT2D eigenvalue weighted by molar-refractivity contribution is 4.37. The highest BCUT2D eigenvalue weighted by atomic mass is 16.7. The predicted molar refractivity (Wildman–Crippen MR) is 23.4 cm³/mol. The average Bonchev–Trinajstić information content (AvgIpc) is 1.61. The van der Waals surface area contributed by atoms with Gasteiger partial charge in [-0.25, -0.2) is 0 Å². The van der Waals surface area contributed by atoms with E-state index in [4.69, 9.17) is 10.0 Å². The number of hydrogen-bond acceptors (Lipinski definition) is 4. The van der Waals surface area contributed by atoms with Gasteiger partial charge in [0.1, 0.15) is 6.61 Å². The Kier molecular flexibility index (Phi) is 3.22. The molecule has 0 amide bonds. The third-order valence-electron chi connectivity index (χ3n) is 0.368. The zero-order valence-corrected chi connectivity index (χ0v) is 4.00. The molecular formula is C3H7NO3. The van der Waals surface area contributed by atoms with Crippen LogP contribution < -0.4 is 0 Å². The van der Waals surface area contributed by atoms with E-state index in [1.54, 1.807) is 0 Å². The van der Waals surface area contributed by atoms with Crippen molar-refractivity contribution in [3.8, 4) is 0 Å². The van der Waals surface area contributed by atoms with Crippen LogP contribution in [-0.2, 0) is 4.84 Å². The summed E-state index contributed by atoms with van der Waals surface area (Å²) in [7, 11) is 0. The molecule has 0 aliphatic heterocycles. The van der Waals surface area contributed by atoms with Crippen molar-refractivity contribution in [3.63, 3.8) is 0 Å². The first-order valence-corrected chi connectivity index (χ1v) is 1.90. The van der Waals surface area contributed by atoms with E-state index < -0.39 is 6.10 Å². The van der Waals surface area contributed by atoms with Gasteiger partial charge in [-0.2, -0.15) is 0 Å². The van der Waals surface area contributed by atoms with Crippen LogP contribution in [0.2, 0.25) is 0 Å². The van der Waals surface area contributed by atoms with Crippen LogP contribution in [-0.4, -0.2) is 17.8 Å². The standard InChI is InChI=1S/C3H7NO3/c1-3(5)2-7-4-6/h3,5H,2H2,1H3. The monoisotopic (exact) mass is 105 g/mol. The summed E-state index contributed by atoms with van der Waals surface area (Å²) in [6.45, 7) is 1.48. The van der Waals surface area contributed by atoms with E-state index in [2.05, 4.69) is 10.2 Å². The third-order valence-corrected chi connectivity index (χ3v) is 0.368. The van der Waals surface area contributed by atoms with Gasteiger partial charge < -0.3 is 9.94 Å². The van der Waals surface area contributed by atoms with E-state index in [-0.39, 0.29) is 6.61 Å². The lowest BCUT2D eigenvalue weighted by molar-refractivity contribution is 0.0476. The minimum atomic E-state index is -0.613. The summed E-state index contributed by atoms with van der Waals surface area (Å²) in [6.07, 6.45) is -0.613. The molecule has 0 aliphatic carbocycles. The smallest absolute Gasteiger partial charge is 0.155 e. The second-order valence-corrected chi connectivity index (χ2v) is 1.22. The van der Waals surface area contributed by atoms with Gasteiger partial charge in [-0.05, 0) is 6.92 Å². The zero-order chi connectivity index (χ0) is 5.70. The van der Waals surface area contributed by atoms with Crippen LogP contribution >= 0.6 is 0 Å². The normalized spacial score (nSPS) is 12.9. The van der Waals surface area contributed by atoms with E-state index in [1.165, 1.54) is 6.92 Å². The van der Waals surface area contributed by atoms with Crippen LogP contribution in [0.5, 0.6) is 0 Å².